The lowest BCUT2D eigenvalue weighted by Crippen LogP contribution is -2.60. The highest BCUT2D eigenvalue weighted by molar-refractivity contribution is 5.29. The molecule has 0 heterocycles. The molecule has 1 nitrogen and oxygen atoms in total. The summed E-state index contributed by atoms with van der Waals surface area (Å²) in [6, 6.07) is 2.71. The Kier molecular flexibility index (Phi) is 1.87. The van der Waals surface area contributed by atoms with E-state index in [9.17, 15) is 5.26 Å². The fraction of sp³-hybridized carbons (Fsp3) is 0.824. The SMILES string of the molecule is CC(C)C12C=CC34CCC(C#N)(CC3C1)CC4C2. The van der Waals surface area contributed by atoms with E-state index in [4.69, 9.17) is 0 Å². The minimum Gasteiger partial charge on any atom is -0.198 e. The molecule has 0 amide bonds. The zero-order chi connectivity index (χ0) is 12.6. The van der Waals surface area contributed by atoms with Crippen molar-refractivity contribution in [3.8, 4) is 6.07 Å². The minimum atomic E-state index is 0.0609. The molecular formula is C17H23N. The lowest BCUT2D eigenvalue weighted by molar-refractivity contribution is -0.141. The standard InChI is InChI=1S/C17H23N/c1-12(2)16-4-6-17-5-3-15(11-18,7-13(17)9-16)8-14(17)10-16/h4,6,12-14H,3,5,7-10H2,1-2H3. The number of hydrogen-bond donors (Lipinski definition) is 0. The molecule has 2 unspecified atom stereocenters. The summed E-state index contributed by atoms with van der Waals surface area (Å²) in [5.74, 6) is 2.38. The molecule has 0 aliphatic heterocycles. The number of hydrogen-bond acceptors (Lipinski definition) is 1. The van der Waals surface area contributed by atoms with Gasteiger partial charge in [0.25, 0.3) is 0 Å². The predicted molar refractivity (Wildman–Crippen MR) is 71.6 cm³/mol. The first kappa shape index (κ1) is 11.1. The van der Waals surface area contributed by atoms with E-state index in [0.717, 1.165) is 24.2 Å². The molecule has 96 valence electrons. The van der Waals surface area contributed by atoms with E-state index in [1.165, 1.54) is 32.1 Å². The molecule has 2 atom stereocenters. The van der Waals surface area contributed by atoms with Crippen LogP contribution in [0.1, 0.15) is 52.4 Å². The van der Waals surface area contributed by atoms with Crippen LogP contribution >= 0.6 is 0 Å². The zero-order valence-corrected chi connectivity index (χ0v) is 11.6. The van der Waals surface area contributed by atoms with Crippen molar-refractivity contribution in [2.75, 3.05) is 0 Å². The summed E-state index contributed by atoms with van der Waals surface area (Å²) in [4.78, 5) is 0. The zero-order valence-electron chi connectivity index (χ0n) is 11.6. The molecule has 18 heavy (non-hydrogen) atoms. The largest absolute Gasteiger partial charge is 0.198 e. The lowest BCUT2D eigenvalue weighted by atomic mass is 9.35. The normalized spacial score (nSPS) is 55.9. The Morgan fingerprint density at radius 2 is 1.72 bits per heavy atom. The summed E-state index contributed by atoms with van der Waals surface area (Å²) < 4.78 is 0. The maximum Gasteiger partial charge on any atom is 0.0689 e. The van der Waals surface area contributed by atoms with Crippen LogP contribution < -0.4 is 0 Å². The molecule has 0 aromatic carbocycles. The van der Waals surface area contributed by atoms with Crippen molar-refractivity contribution in [1.29, 1.82) is 5.26 Å². The number of allylic oxidation sites excluding steroid dienone is 2. The molecule has 0 aromatic rings. The molecule has 0 saturated heterocycles. The van der Waals surface area contributed by atoms with Gasteiger partial charge in [-0.25, -0.2) is 0 Å². The first-order valence-electron chi connectivity index (χ1n) is 7.66. The average molecular weight is 241 g/mol. The molecule has 0 aromatic heterocycles. The van der Waals surface area contributed by atoms with Crippen molar-refractivity contribution in [3.05, 3.63) is 12.2 Å². The number of nitrogens with zero attached hydrogens (tertiary/aromatic N) is 1. The molecule has 4 fully saturated rings. The average Bonchev–Trinajstić information content (AvgIpc) is 2.38. The Bertz CT molecular complexity index is 448. The van der Waals surface area contributed by atoms with E-state index in [1.54, 1.807) is 0 Å². The molecule has 1 spiro atoms. The van der Waals surface area contributed by atoms with Gasteiger partial charge in [0.05, 0.1) is 11.5 Å². The van der Waals surface area contributed by atoms with Crippen LogP contribution in [0, 0.1) is 45.3 Å². The van der Waals surface area contributed by atoms with E-state index in [-0.39, 0.29) is 5.41 Å². The maximum atomic E-state index is 9.59. The smallest absolute Gasteiger partial charge is 0.0689 e. The predicted octanol–water partition coefficient (Wildman–Crippen LogP) is 4.31. The Hall–Kier alpha value is -0.770. The summed E-state index contributed by atoms with van der Waals surface area (Å²) >= 11 is 0. The van der Waals surface area contributed by atoms with E-state index in [0.29, 0.717) is 10.8 Å². The monoisotopic (exact) mass is 241 g/mol. The fourth-order valence-electron chi connectivity index (χ4n) is 5.96. The van der Waals surface area contributed by atoms with Gasteiger partial charge < -0.3 is 0 Å². The molecule has 6 aliphatic carbocycles. The minimum absolute atomic E-state index is 0.0609. The highest BCUT2D eigenvalue weighted by atomic mass is 14.7. The van der Waals surface area contributed by atoms with E-state index in [1.807, 2.05) is 0 Å². The van der Waals surface area contributed by atoms with E-state index < -0.39 is 0 Å². The van der Waals surface area contributed by atoms with Crippen LogP contribution in [0.5, 0.6) is 0 Å². The van der Waals surface area contributed by atoms with E-state index >= 15 is 0 Å². The topological polar surface area (TPSA) is 23.8 Å². The van der Waals surface area contributed by atoms with Crippen molar-refractivity contribution in [2.45, 2.75) is 52.4 Å². The van der Waals surface area contributed by atoms with Crippen molar-refractivity contribution in [2.24, 2.45) is 34.0 Å². The van der Waals surface area contributed by atoms with Gasteiger partial charge in [0.1, 0.15) is 0 Å². The Morgan fingerprint density at radius 3 is 2.28 bits per heavy atom. The van der Waals surface area contributed by atoms with E-state index in [2.05, 4.69) is 32.1 Å². The first-order chi connectivity index (χ1) is 8.54. The van der Waals surface area contributed by atoms with Gasteiger partial charge in [0.2, 0.25) is 0 Å². The highest BCUT2D eigenvalue weighted by Gasteiger charge is 2.65. The van der Waals surface area contributed by atoms with Crippen molar-refractivity contribution < 1.29 is 0 Å². The molecule has 6 rings (SSSR count). The molecule has 0 radical (unpaired) electrons. The highest BCUT2D eigenvalue weighted by Crippen LogP contribution is 2.73. The van der Waals surface area contributed by atoms with Crippen LogP contribution in [-0.2, 0) is 0 Å². The van der Waals surface area contributed by atoms with Gasteiger partial charge in [-0.1, -0.05) is 26.0 Å². The van der Waals surface area contributed by atoms with Gasteiger partial charge in [-0.3, -0.25) is 0 Å². The van der Waals surface area contributed by atoms with Gasteiger partial charge >= 0.3 is 0 Å². The molecule has 4 saturated carbocycles. The molecule has 6 aliphatic rings. The quantitative estimate of drug-likeness (QED) is 0.628. The van der Waals surface area contributed by atoms with Crippen molar-refractivity contribution >= 4 is 0 Å². The first-order valence-corrected chi connectivity index (χ1v) is 7.66. The Labute approximate surface area is 110 Å². The second kappa shape index (κ2) is 3.03. The molecule has 5 bridgehead atoms. The number of rotatable bonds is 1. The van der Waals surface area contributed by atoms with Crippen LogP contribution in [0.3, 0.4) is 0 Å². The van der Waals surface area contributed by atoms with Gasteiger partial charge in [0.15, 0.2) is 0 Å². The summed E-state index contributed by atoms with van der Waals surface area (Å²) in [5.41, 5.74) is 1.04. The molecular weight excluding hydrogens is 218 g/mol. The third kappa shape index (κ3) is 1.05. The number of fused-ring (bicyclic) bond motifs is 1. The third-order valence-corrected chi connectivity index (χ3v) is 7.20. The second-order valence-electron chi connectivity index (χ2n) is 7.94. The van der Waals surface area contributed by atoms with Crippen LogP contribution in [0.4, 0.5) is 0 Å². The Balaban J connectivity index is 1.82. The van der Waals surface area contributed by atoms with Crippen LogP contribution in [0.15, 0.2) is 12.2 Å². The summed E-state index contributed by atoms with van der Waals surface area (Å²) in [7, 11) is 0. The van der Waals surface area contributed by atoms with Crippen LogP contribution in [0.25, 0.3) is 0 Å². The third-order valence-electron chi connectivity index (χ3n) is 7.20. The second-order valence-corrected chi connectivity index (χ2v) is 7.94. The molecule has 1 heteroatoms. The summed E-state index contributed by atoms with van der Waals surface area (Å²) in [6.07, 6.45) is 12.8. The maximum absolute atomic E-state index is 9.59. The number of nitriles is 1. The van der Waals surface area contributed by atoms with Gasteiger partial charge in [-0.2, -0.15) is 5.26 Å². The van der Waals surface area contributed by atoms with Crippen LogP contribution in [0.2, 0.25) is 0 Å². The van der Waals surface area contributed by atoms with Gasteiger partial charge in [-0.05, 0) is 67.1 Å². The fourth-order valence-corrected chi connectivity index (χ4v) is 5.96. The van der Waals surface area contributed by atoms with Crippen molar-refractivity contribution in [1.82, 2.24) is 0 Å². The van der Waals surface area contributed by atoms with Gasteiger partial charge in [-0.15, -0.1) is 0 Å². The summed E-state index contributed by atoms with van der Waals surface area (Å²) in [5, 5.41) is 9.59. The van der Waals surface area contributed by atoms with Crippen molar-refractivity contribution in [3.63, 3.8) is 0 Å². The molecule has 0 N–H and O–H groups in total. The van der Waals surface area contributed by atoms with Crippen LogP contribution in [-0.4, -0.2) is 0 Å². The lowest BCUT2D eigenvalue weighted by Gasteiger charge is -2.68. The summed E-state index contributed by atoms with van der Waals surface area (Å²) in [6.45, 7) is 4.78. The van der Waals surface area contributed by atoms with Gasteiger partial charge in [0, 0.05) is 0 Å². The Morgan fingerprint density at radius 1 is 1.06 bits per heavy atom.